The first-order valence-corrected chi connectivity index (χ1v) is 5.91. The molecule has 5 nitrogen and oxygen atoms in total. The van der Waals surface area contributed by atoms with Gasteiger partial charge in [0.1, 0.15) is 0 Å². The minimum atomic E-state index is -0.429. The first kappa shape index (κ1) is 13.7. The van der Waals surface area contributed by atoms with Crippen LogP contribution in [0.5, 0.6) is 23.0 Å². The zero-order chi connectivity index (χ0) is 15.0. The molecule has 4 N–H and O–H groups in total. The molecule has 20 heavy (non-hydrogen) atoms. The number of aromatic hydroxyl groups is 4. The molecule has 0 aromatic heterocycles. The third kappa shape index (κ3) is 2.25. The average Bonchev–Trinajstić information content (AvgIpc) is 2.40. The van der Waals surface area contributed by atoms with E-state index in [4.69, 9.17) is 0 Å². The minimum Gasteiger partial charge on any atom is -0.504 e. The van der Waals surface area contributed by atoms with Crippen LogP contribution in [-0.2, 0) is 0 Å². The molecule has 0 spiro atoms. The second-order valence-electron chi connectivity index (χ2n) is 4.65. The molecular weight excluding hydrogens is 260 g/mol. The first-order chi connectivity index (χ1) is 9.31. The second kappa shape index (κ2) is 4.77. The lowest BCUT2D eigenvalue weighted by Crippen LogP contribution is -2.02. The van der Waals surface area contributed by atoms with Crippen molar-refractivity contribution in [2.24, 2.45) is 0 Å². The predicted molar refractivity (Wildman–Crippen MR) is 72.4 cm³/mol. The average molecular weight is 274 g/mol. The molecule has 5 heteroatoms. The number of carbonyl (C=O) groups is 1. The van der Waals surface area contributed by atoms with E-state index in [1.807, 2.05) is 0 Å². The second-order valence-corrected chi connectivity index (χ2v) is 4.65. The normalized spacial score (nSPS) is 10.5. The zero-order valence-electron chi connectivity index (χ0n) is 11.0. The number of phenolic OH excluding ortho intramolecular Hbond substituents is 4. The number of phenols is 4. The fourth-order valence-electron chi connectivity index (χ4n) is 1.95. The Morgan fingerprint density at radius 2 is 1.10 bits per heavy atom. The van der Waals surface area contributed by atoms with Crippen LogP contribution in [0.4, 0.5) is 0 Å². The lowest BCUT2D eigenvalue weighted by Gasteiger charge is -2.08. The van der Waals surface area contributed by atoms with E-state index in [1.54, 1.807) is 13.8 Å². The number of hydrogen-bond acceptors (Lipinski definition) is 5. The Balaban J connectivity index is 2.52. The third-order valence-electron chi connectivity index (χ3n) is 3.09. The Labute approximate surface area is 115 Å². The van der Waals surface area contributed by atoms with Crippen molar-refractivity contribution in [3.05, 3.63) is 46.5 Å². The summed E-state index contributed by atoms with van der Waals surface area (Å²) in [5.41, 5.74) is 1.10. The predicted octanol–water partition coefficient (Wildman–Crippen LogP) is 2.36. The molecule has 0 bridgehead atoms. The number of aryl methyl sites for hydroxylation is 2. The maximum Gasteiger partial charge on any atom is 0.193 e. The van der Waals surface area contributed by atoms with Crippen molar-refractivity contribution in [3.63, 3.8) is 0 Å². The largest absolute Gasteiger partial charge is 0.504 e. The van der Waals surface area contributed by atoms with Crippen molar-refractivity contribution in [1.82, 2.24) is 0 Å². The van der Waals surface area contributed by atoms with Crippen LogP contribution < -0.4 is 0 Å². The van der Waals surface area contributed by atoms with E-state index < -0.39 is 5.78 Å². The van der Waals surface area contributed by atoms with Gasteiger partial charge in [-0.05, 0) is 49.2 Å². The van der Waals surface area contributed by atoms with Crippen LogP contribution in [0.25, 0.3) is 0 Å². The standard InChI is InChI=1S/C15H14O5/c1-7-3-9(5-11(16)13(7)18)15(20)10-4-8(2)14(19)12(17)6-10/h3-6,16-19H,1-2H3. The van der Waals surface area contributed by atoms with Crippen molar-refractivity contribution >= 4 is 5.78 Å². The minimum absolute atomic E-state index is 0.183. The number of benzene rings is 2. The molecule has 0 atom stereocenters. The molecule has 0 unspecified atom stereocenters. The Bertz CT molecular complexity index is 598. The van der Waals surface area contributed by atoms with Crippen molar-refractivity contribution in [2.75, 3.05) is 0 Å². The Hall–Kier alpha value is -2.69. The van der Waals surface area contributed by atoms with Gasteiger partial charge in [0.15, 0.2) is 28.8 Å². The zero-order valence-corrected chi connectivity index (χ0v) is 11.0. The maximum atomic E-state index is 12.3. The fourth-order valence-corrected chi connectivity index (χ4v) is 1.95. The summed E-state index contributed by atoms with van der Waals surface area (Å²) in [6.45, 7) is 3.12. The van der Waals surface area contributed by atoms with Crippen molar-refractivity contribution in [1.29, 1.82) is 0 Å². The molecule has 2 aromatic rings. The van der Waals surface area contributed by atoms with Crippen molar-refractivity contribution < 1.29 is 25.2 Å². The summed E-state index contributed by atoms with van der Waals surface area (Å²) >= 11 is 0. The van der Waals surface area contributed by atoms with E-state index in [9.17, 15) is 25.2 Å². The summed E-state index contributed by atoms with van der Waals surface area (Å²) in [6, 6.07) is 5.20. The topological polar surface area (TPSA) is 98.0 Å². The molecule has 0 aliphatic rings. The first-order valence-electron chi connectivity index (χ1n) is 5.91. The number of rotatable bonds is 2. The summed E-state index contributed by atoms with van der Waals surface area (Å²) in [4.78, 5) is 12.3. The Morgan fingerprint density at radius 1 is 0.750 bits per heavy atom. The van der Waals surface area contributed by atoms with Gasteiger partial charge in [-0.15, -0.1) is 0 Å². The molecule has 104 valence electrons. The van der Waals surface area contributed by atoms with Gasteiger partial charge in [-0.1, -0.05) is 0 Å². The van der Waals surface area contributed by atoms with Gasteiger partial charge in [0.25, 0.3) is 0 Å². The van der Waals surface area contributed by atoms with Crippen molar-refractivity contribution in [2.45, 2.75) is 13.8 Å². The molecular formula is C15H14O5. The van der Waals surface area contributed by atoms with Gasteiger partial charge < -0.3 is 20.4 Å². The van der Waals surface area contributed by atoms with Gasteiger partial charge in [0, 0.05) is 11.1 Å². The summed E-state index contributed by atoms with van der Waals surface area (Å²) in [5, 5.41) is 38.0. The highest BCUT2D eigenvalue weighted by Crippen LogP contribution is 2.33. The van der Waals surface area contributed by atoms with Gasteiger partial charge in [0.05, 0.1) is 0 Å². The lowest BCUT2D eigenvalue weighted by molar-refractivity contribution is 0.103. The quantitative estimate of drug-likeness (QED) is 0.498. The molecule has 0 radical (unpaired) electrons. The van der Waals surface area contributed by atoms with Gasteiger partial charge in [-0.25, -0.2) is 0 Å². The molecule has 0 heterocycles. The lowest BCUT2D eigenvalue weighted by atomic mass is 9.98. The molecule has 0 saturated heterocycles. The van der Waals surface area contributed by atoms with E-state index in [1.165, 1.54) is 12.1 Å². The van der Waals surface area contributed by atoms with Crippen LogP contribution in [0.15, 0.2) is 24.3 Å². The summed E-state index contributed by atoms with van der Waals surface area (Å²) in [6.07, 6.45) is 0. The highest BCUT2D eigenvalue weighted by atomic mass is 16.3. The van der Waals surface area contributed by atoms with Crippen LogP contribution in [0, 0.1) is 13.8 Å². The highest BCUT2D eigenvalue weighted by molar-refractivity contribution is 6.10. The van der Waals surface area contributed by atoms with Gasteiger partial charge >= 0.3 is 0 Å². The fraction of sp³-hybridized carbons (Fsp3) is 0.133. The van der Waals surface area contributed by atoms with E-state index in [0.717, 1.165) is 12.1 Å². The van der Waals surface area contributed by atoms with Gasteiger partial charge in [-0.3, -0.25) is 4.79 Å². The third-order valence-corrected chi connectivity index (χ3v) is 3.09. The molecule has 2 rings (SSSR count). The molecule has 0 aliphatic heterocycles. The Morgan fingerprint density at radius 3 is 1.40 bits per heavy atom. The van der Waals surface area contributed by atoms with Crippen molar-refractivity contribution in [3.8, 4) is 23.0 Å². The van der Waals surface area contributed by atoms with Crippen LogP contribution in [0.1, 0.15) is 27.0 Å². The number of hydrogen-bond donors (Lipinski definition) is 4. The van der Waals surface area contributed by atoms with E-state index in [-0.39, 0.29) is 34.1 Å². The summed E-state index contributed by atoms with van der Waals surface area (Å²) in [7, 11) is 0. The van der Waals surface area contributed by atoms with Gasteiger partial charge in [-0.2, -0.15) is 0 Å². The van der Waals surface area contributed by atoms with E-state index in [0.29, 0.717) is 11.1 Å². The molecule has 0 amide bonds. The number of carbonyl (C=O) groups excluding carboxylic acids is 1. The molecule has 0 fully saturated rings. The van der Waals surface area contributed by atoms with Crippen LogP contribution in [-0.4, -0.2) is 26.2 Å². The summed E-state index contributed by atoms with van der Waals surface area (Å²) in [5.74, 6) is -1.74. The van der Waals surface area contributed by atoms with E-state index >= 15 is 0 Å². The molecule has 0 saturated carbocycles. The maximum absolute atomic E-state index is 12.3. The van der Waals surface area contributed by atoms with Gasteiger partial charge in [0.2, 0.25) is 0 Å². The van der Waals surface area contributed by atoms with Crippen LogP contribution in [0.3, 0.4) is 0 Å². The molecule has 2 aromatic carbocycles. The Kier molecular flexibility index (Phi) is 3.28. The van der Waals surface area contributed by atoms with Crippen LogP contribution in [0.2, 0.25) is 0 Å². The monoisotopic (exact) mass is 274 g/mol. The van der Waals surface area contributed by atoms with Crippen LogP contribution >= 0.6 is 0 Å². The highest BCUT2D eigenvalue weighted by Gasteiger charge is 2.16. The molecule has 0 aliphatic carbocycles. The summed E-state index contributed by atoms with van der Waals surface area (Å²) < 4.78 is 0. The smallest absolute Gasteiger partial charge is 0.193 e. The SMILES string of the molecule is Cc1cc(C(=O)c2cc(C)c(O)c(O)c2)cc(O)c1O. The number of ketones is 1. The van der Waals surface area contributed by atoms with E-state index in [2.05, 4.69) is 0 Å².